The van der Waals surface area contributed by atoms with Gasteiger partial charge in [-0.2, -0.15) is 5.10 Å². The monoisotopic (exact) mass is 446 g/mol. The van der Waals surface area contributed by atoms with Crippen LogP contribution in [0.3, 0.4) is 0 Å². The molecule has 0 atom stereocenters. The summed E-state index contributed by atoms with van der Waals surface area (Å²) in [7, 11) is 1.52. The standard InChI is InChI=1S/C16H17BrCl2N4O2/c1-8(2)13-12(17)15(22-21-13)16(25)23(3)7-11(24)20-14-9(18)5-4-6-10(14)19/h4-6,8H,7H2,1-3H3,(H,20,24)(H,21,22). The minimum Gasteiger partial charge on any atom is -0.331 e. The quantitative estimate of drug-likeness (QED) is 0.716. The molecule has 2 N–H and O–H groups in total. The molecule has 0 spiro atoms. The van der Waals surface area contributed by atoms with Crippen molar-refractivity contribution in [2.75, 3.05) is 18.9 Å². The van der Waals surface area contributed by atoms with Gasteiger partial charge in [0, 0.05) is 7.05 Å². The number of nitrogens with one attached hydrogen (secondary N) is 2. The number of likely N-dealkylation sites (N-methyl/N-ethyl adjacent to an activating group) is 1. The molecular formula is C16H17BrCl2N4O2. The highest BCUT2D eigenvalue weighted by atomic mass is 79.9. The minimum absolute atomic E-state index is 0.170. The van der Waals surface area contributed by atoms with Crippen LogP contribution in [0.1, 0.15) is 35.9 Å². The maximum Gasteiger partial charge on any atom is 0.275 e. The van der Waals surface area contributed by atoms with Crippen LogP contribution in [0, 0.1) is 0 Å². The van der Waals surface area contributed by atoms with Gasteiger partial charge in [0.2, 0.25) is 5.91 Å². The number of anilines is 1. The Morgan fingerprint density at radius 1 is 1.32 bits per heavy atom. The molecule has 0 aliphatic rings. The van der Waals surface area contributed by atoms with E-state index in [0.717, 1.165) is 5.69 Å². The highest BCUT2D eigenvalue weighted by molar-refractivity contribution is 9.10. The molecule has 2 rings (SSSR count). The van der Waals surface area contributed by atoms with Gasteiger partial charge in [0.05, 0.1) is 32.4 Å². The molecule has 25 heavy (non-hydrogen) atoms. The van der Waals surface area contributed by atoms with Gasteiger partial charge in [-0.05, 0) is 34.0 Å². The molecule has 2 aromatic rings. The molecule has 0 fully saturated rings. The van der Waals surface area contributed by atoms with Crippen molar-refractivity contribution in [3.8, 4) is 0 Å². The number of H-pyrrole nitrogens is 1. The van der Waals surface area contributed by atoms with Crippen LogP contribution in [-0.2, 0) is 4.79 Å². The number of rotatable bonds is 5. The molecule has 6 nitrogen and oxygen atoms in total. The molecule has 0 aliphatic heterocycles. The molecule has 0 bridgehead atoms. The van der Waals surface area contributed by atoms with E-state index in [9.17, 15) is 9.59 Å². The summed E-state index contributed by atoms with van der Waals surface area (Å²) in [5.41, 5.74) is 1.37. The summed E-state index contributed by atoms with van der Waals surface area (Å²) in [6, 6.07) is 4.91. The average Bonchev–Trinajstić information content (AvgIpc) is 2.92. The largest absolute Gasteiger partial charge is 0.331 e. The number of para-hydroxylation sites is 1. The second kappa shape index (κ2) is 8.21. The van der Waals surface area contributed by atoms with Gasteiger partial charge in [-0.3, -0.25) is 14.7 Å². The Balaban J connectivity index is 2.07. The zero-order valence-corrected chi connectivity index (χ0v) is 17.0. The highest BCUT2D eigenvalue weighted by Crippen LogP contribution is 2.30. The smallest absolute Gasteiger partial charge is 0.275 e. The van der Waals surface area contributed by atoms with E-state index in [4.69, 9.17) is 23.2 Å². The van der Waals surface area contributed by atoms with Gasteiger partial charge in [0.1, 0.15) is 0 Å². The number of benzene rings is 1. The van der Waals surface area contributed by atoms with E-state index < -0.39 is 5.91 Å². The van der Waals surface area contributed by atoms with Crippen LogP contribution in [0.4, 0.5) is 5.69 Å². The third-order valence-electron chi connectivity index (χ3n) is 3.47. The Hall–Kier alpha value is -1.57. The van der Waals surface area contributed by atoms with Crippen molar-refractivity contribution in [3.05, 3.63) is 44.1 Å². The van der Waals surface area contributed by atoms with Gasteiger partial charge in [-0.1, -0.05) is 43.1 Å². The van der Waals surface area contributed by atoms with Crippen LogP contribution in [0.2, 0.25) is 10.0 Å². The lowest BCUT2D eigenvalue weighted by Gasteiger charge is -2.16. The number of nitrogens with zero attached hydrogens (tertiary/aromatic N) is 2. The Bertz CT molecular complexity index is 787. The van der Waals surface area contributed by atoms with Crippen molar-refractivity contribution in [2.24, 2.45) is 0 Å². The van der Waals surface area contributed by atoms with Crippen LogP contribution in [0.25, 0.3) is 0 Å². The number of carbonyl (C=O) groups excluding carboxylic acids is 2. The minimum atomic E-state index is -0.415. The SMILES string of the molecule is CC(C)c1[nH]nc(C(=O)N(C)CC(=O)Nc2c(Cl)cccc2Cl)c1Br. The Morgan fingerprint density at radius 2 is 1.92 bits per heavy atom. The molecule has 0 saturated carbocycles. The molecule has 1 aromatic carbocycles. The van der Waals surface area contributed by atoms with Crippen LogP contribution < -0.4 is 5.32 Å². The van der Waals surface area contributed by atoms with Crippen LogP contribution in [0.5, 0.6) is 0 Å². The topological polar surface area (TPSA) is 78.1 Å². The molecule has 0 unspecified atom stereocenters. The second-order valence-electron chi connectivity index (χ2n) is 5.76. The first-order valence-electron chi connectivity index (χ1n) is 7.45. The van der Waals surface area contributed by atoms with E-state index in [1.807, 2.05) is 13.8 Å². The van der Waals surface area contributed by atoms with Crippen LogP contribution in [-0.4, -0.2) is 40.5 Å². The maximum atomic E-state index is 12.5. The van der Waals surface area contributed by atoms with Crippen molar-refractivity contribution in [2.45, 2.75) is 19.8 Å². The number of aromatic amines is 1. The first kappa shape index (κ1) is 19.8. The Labute approximate surface area is 164 Å². The Kier molecular flexibility index (Phi) is 6.48. The van der Waals surface area contributed by atoms with Crippen molar-refractivity contribution in [3.63, 3.8) is 0 Å². The van der Waals surface area contributed by atoms with Crippen molar-refractivity contribution in [1.29, 1.82) is 0 Å². The highest BCUT2D eigenvalue weighted by Gasteiger charge is 2.23. The number of carbonyl (C=O) groups is 2. The van der Waals surface area contributed by atoms with E-state index in [1.54, 1.807) is 18.2 Å². The van der Waals surface area contributed by atoms with E-state index in [0.29, 0.717) is 20.2 Å². The molecule has 9 heteroatoms. The third-order valence-corrected chi connectivity index (χ3v) is 4.90. The van der Waals surface area contributed by atoms with Gasteiger partial charge in [0.25, 0.3) is 5.91 Å². The van der Waals surface area contributed by atoms with Crippen LogP contribution >= 0.6 is 39.1 Å². The lowest BCUT2D eigenvalue weighted by Crippen LogP contribution is -2.35. The van der Waals surface area contributed by atoms with E-state index >= 15 is 0 Å². The number of halogens is 3. The molecule has 2 amide bonds. The number of hydrogen-bond donors (Lipinski definition) is 2. The zero-order chi connectivity index (χ0) is 18.7. The lowest BCUT2D eigenvalue weighted by molar-refractivity contribution is -0.116. The summed E-state index contributed by atoms with van der Waals surface area (Å²) in [5, 5.41) is 10.1. The first-order chi connectivity index (χ1) is 11.7. The molecule has 1 heterocycles. The summed E-state index contributed by atoms with van der Waals surface area (Å²) < 4.78 is 0.605. The fourth-order valence-corrected chi connectivity index (χ4v) is 3.43. The normalized spacial score (nSPS) is 10.8. The van der Waals surface area contributed by atoms with Gasteiger partial charge in [0.15, 0.2) is 5.69 Å². The van der Waals surface area contributed by atoms with Gasteiger partial charge < -0.3 is 10.2 Å². The summed E-state index contributed by atoms with van der Waals surface area (Å²) >= 11 is 15.4. The summed E-state index contributed by atoms with van der Waals surface area (Å²) in [5.74, 6) is -0.614. The van der Waals surface area contributed by atoms with E-state index in [1.165, 1.54) is 11.9 Å². The van der Waals surface area contributed by atoms with E-state index in [-0.39, 0.29) is 24.1 Å². The number of aromatic nitrogens is 2. The molecule has 0 aliphatic carbocycles. The first-order valence-corrected chi connectivity index (χ1v) is 9.00. The van der Waals surface area contributed by atoms with Crippen molar-refractivity contribution >= 4 is 56.6 Å². The summed E-state index contributed by atoms with van der Waals surface area (Å²) in [6.45, 7) is 3.80. The van der Waals surface area contributed by atoms with Gasteiger partial charge in [-0.15, -0.1) is 0 Å². The zero-order valence-electron chi connectivity index (χ0n) is 13.9. The van der Waals surface area contributed by atoms with Gasteiger partial charge >= 0.3 is 0 Å². The molecule has 0 radical (unpaired) electrons. The summed E-state index contributed by atoms with van der Waals surface area (Å²) in [4.78, 5) is 26.0. The van der Waals surface area contributed by atoms with Crippen molar-refractivity contribution in [1.82, 2.24) is 15.1 Å². The maximum absolute atomic E-state index is 12.5. The lowest BCUT2D eigenvalue weighted by atomic mass is 10.1. The van der Waals surface area contributed by atoms with E-state index in [2.05, 4.69) is 31.4 Å². The second-order valence-corrected chi connectivity index (χ2v) is 7.37. The molecular weight excluding hydrogens is 431 g/mol. The fourth-order valence-electron chi connectivity index (χ4n) is 2.13. The predicted octanol–water partition coefficient (Wildman–Crippen LogP) is 4.31. The number of amides is 2. The Morgan fingerprint density at radius 3 is 2.44 bits per heavy atom. The number of hydrogen-bond acceptors (Lipinski definition) is 3. The molecule has 134 valence electrons. The predicted molar refractivity (Wildman–Crippen MR) is 102 cm³/mol. The fraction of sp³-hybridized carbons (Fsp3) is 0.312. The third kappa shape index (κ3) is 4.54. The summed E-state index contributed by atoms with van der Waals surface area (Å²) in [6.07, 6.45) is 0. The molecule has 0 saturated heterocycles. The molecule has 1 aromatic heterocycles. The van der Waals surface area contributed by atoms with Gasteiger partial charge in [-0.25, -0.2) is 0 Å². The van der Waals surface area contributed by atoms with Crippen LogP contribution in [0.15, 0.2) is 22.7 Å². The average molecular weight is 448 g/mol. The van der Waals surface area contributed by atoms with Crippen molar-refractivity contribution < 1.29 is 9.59 Å².